The third kappa shape index (κ3) is 4.59. The van der Waals surface area contributed by atoms with Gasteiger partial charge in [0.15, 0.2) is 0 Å². The van der Waals surface area contributed by atoms with Crippen molar-refractivity contribution >= 4 is 34.5 Å². The minimum Gasteiger partial charge on any atom is -0.496 e. The number of methoxy groups -OCH3 is 1. The van der Waals surface area contributed by atoms with Gasteiger partial charge in [-0.2, -0.15) is 0 Å². The van der Waals surface area contributed by atoms with Crippen molar-refractivity contribution in [1.29, 1.82) is 0 Å². The molecule has 1 fully saturated rings. The first kappa shape index (κ1) is 20.9. The average Bonchev–Trinajstić information content (AvgIpc) is 3.36. The van der Waals surface area contributed by atoms with Crippen LogP contribution in [0.1, 0.15) is 16.9 Å². The van der Waals surface area contributed by atoms with Crippen molar-refractivity contribution in [2.24, 2.45) is 5.92 Å². The maximum atomic E-state index is 12.4. The maximum absolute atomic E-state index is 12.4. The van der Waals surface area contributed by atoms with Gasteiger partial charge in [0.25, 0.3) is 17.7 Å². The van der Waals surface area contributed by atoms with Crippen molar-refractivity contribution in [3.63, 3.8) is 0 Å². The van der Waals surface area contributed by atoms with Crippen LogP contribution in [0.2, 0.25) is 0 Å². The maximum Gasteiger partial charge on any atom is 0.268 e. The van der Waals surface area contributed by atoms with Gasteiger partial charge in [0.2, 0.25) is 5.91 Å². The monoisotopic (exact) mass is 413 g/mol. The lowest BCUT2D eigenvalue weighted by Crippen LogP contribution is -2.51. The summed E-state index contributed by atoms with van der Waals surface area (Å²) in [6, 6.07) is 7.01. The number of ether oxygens (including phenoxy) is 1. The molecule has 0 unspecified atom stereocenters. The van der Waals surface area contributed by atoms with Crippen molar-refractivity contribution < 1.29 is 23.9 Å². The minimum absolute atomic E-state index is 0.0260. The lowest BCUT2D eigenvalue weighted by Gasteiger charge is -2.24. The highest BCUT2D eigenvalue weighted by molar-refractivity contribution is 6.01. The third-order valence-corrected chi connectivity index (χ3v) is 4.76. The fourth-order valence-electron chi connectivity index (χ4n) is 3.21. The molecular formula is C20H23N5O5. The molecule has 1 aromatic carbocycles. The number of aromatic amines is 1. The summed E-state index contributed by atoms with van der Waals surface area (Å²) < 4.78 is 5.27. The van der Waals surface area contributed by atoms with E-state index in [2.05, 4.69) is 27.6 Å². The van der Waals surface area contributed by atoms with Crippen LogP contribution in [0.25, 0.3) is 10.9 Å². The van der Waals surface area contributed by atoms with Gasteiger partial charge in [-0.3, -0.25) is 24.6 Å². The Balaban J connectivity index is 1.59. The predicted octanol–water partition coefficient (Wildman–Crippen LogP) is 0.0882. The molecule has 10 nitrogen and oxygen atoms in total. The summed E-state index contributed by atoms with van der Waals surface area (Å²) in [6.07, 6.45) is 1.61. The first-order valence-corrected chi connectivity index (χ1v) is 9.38. The molecule has 1 aliphatic rings. The Hall–Kier alpha value is -3.82. The Morgan fingerprint density at radius 3 is 2.83 bits per heavy atom. The van der Waals surface area contributed by atoms with E-state index >= 15 is 0 Å². The molecule has 30 heavy (non-hydrogen) atoms. The second kappa shape index (κ2) is 9.12. The van der Waals surface area contributed by atoms with E-state index in [0.29, 0.717) is 18.7 Å². The molecule has 0 radical (unpaired) electrons. The number of nitrogens with zero attached hydrogens (tertiary/aromatic N) is 1. The normalized spacial score (nSPS) is 15.4. The Morgan fingerprint density at radius 1 is 1.37 bits per heavy atom. The highest BCUT2D eigenvalue weighted by atomic mass is 16.5. The predicted molar refractivity (Wildman–Crippen MR) is 108 cm³/mol. The van der Waals surface area contributed by atoms with Gasteiger partial charge in [0, 0.05) is 17.4 Å². The second-order valence-corrected chi connectivity index (χ2v) is 6.75. The van der Waals surface area contributed by atoms with Crippen LogP contribution in [-0.4, -0.2) is 60.4 Å². The van der Waals surface area contributed by atoms with Crippen LogP contribution in [0.5, 0.6) is 5.75 Å². The standard InChI is InChI=1S/C20H23N5O5/c1-3-18(27)25(11-12-7-8-21-19(12)28)24-17(26)10-22-20(29)15-9-13-14(23-15)5-4-6-16(13)30-2/h3-6,9,12,23H,1,7-8,10-11H2,2H3,(H,21,28)(H,22,29)(H,24,26)/t12-/m0/s1. The molecule has 158 valence electrons. The molecule has 1 aliphatic heterocycles. The molecule has 2 heterocycles. The molecule has 10 heteroatoms. The molecule has 1 saturated heterocycles. The summed E-state index contributed by atoms with van der Waals surface area (Å²) in [4.78, 5) is 51.4. The van der Waals surface area contributed by atoms with Gasteiger partial charge in [0.1, 0.15) is 11.4 Å². The Kier molecular flexibility index (Phi) is 6.35. The highest BCUT2D eigenvalue weighted by Crippen LogP contribution is 2.25. The van der Waals surface area contributed by atoms with Crippen LogP contribution < -0.4 is 20.8 Å². The van der Waals surface area contributed by atoms with Crippen molar-refractivity contribution in [2.45, 2.75) is 6.42 Å². The van der Waals surface area contributed by atoms with E-state index in [1.165, 1.54) is 7.11 Å². The van der Waals surface area contributed by atoms with Crippen LogP contribution in [0, 0.1) is 5.92 Å². The Bertz CT molecular complexity index is 999. The van der Waals surface area contributed by atoms with Crippen LogP contribution in [0.15, 0.2) is 36.9 Å². The zero-order valence-electron chi connectivity index (χ0n) is 16.5. The molecule has 1 atom stereocenters. The Morgan fingerprint density at radius 2 is 2.17 bits per heavy atom. The largest absolute Gasteiger partial charge is 0.496 e. The van der Waals surface area contributed by atoms with Crippen molar-refractivity contribution in [3.05, 3.63) is 42.6 Å². The number of fused-ring (bicyclic) bond motifs is 1. The number of hydrogen-bond acceptors (Lipinski definition) is 5. The number of amides is 4. The van der Waals surface area contributed by atoms with Crippen molar-refractivity contribution in [2.75, 3.05) is 26.7 Å². The topological polar surface area (TPSA) is 133 Å². The zero-order valence-corrected chi connectivity index (χ0v) is 16.5. The van der Waals surface area contributed by atoms with Crippen LogP contribution in [0.4, 0.5) is 0 Å². The number of hydrogen-bond donors (Lipinski definition) is 4. The molecule has 0 spiro atoms. The van der Waals surface area contributed by atoms with E-state index in [9.17, 15) is 19.2 Å². The van der Waals surface area contributed by atoms with Gasteiger partial charge >= 0.3 is 0 Å². The molecule has 4 N–H and O–H groups in total. The number of benzene rings is 1. The smallest absolute Gasteiger partial charge is 0.268 e. The summed E-state index contributed by atoms with van der Waals surface area (Å²) in [5.74, 6) is -1.60. The van der Waals surface area contributed by atoms with Gasteiger partial charge in [-0.15, -0.1) is 0 Å². The number of aromatic nitrogens is 1. The van der Waals surface area contributed by atoms with Crippen LogP contribution >= 0.6 is 0 Å². The zero-order chi connectivity index (χ0) is 21.7. The number of hydrazine groups is 1. The minimum atomic E-state index is -0.606. The van der Waals surface area contributed by atoms with Gasteiger partial charge < -0.3 is 20.4 Å². The van der Waals surface area contributed by atoms with Gasteiger partial charge in [0.05, 0.1) is 26.1 Å². The molecule has 2 aromatic rings. The summed E-state index contributed by atoms with van der Waals surface area (Å²) >= 11 is 0. The summed E-state index contributed by atoms with van der Waals surface area (Å²) in [6.45, 7) is 3.60. The van der Waals surface area contributed by atoms with E-state index in [1.54, 1.807) is 24.3 Å². The number of rotatable bonds is 7. The fourth-order valence-corrected chi connectivity index (χ4v) is 3.21. The van der Waals surface area contributed by atoms with Crippen LogP contribution in [-0.2, 0) is 14.4 Å². The number of nitrogens with one attached hydrogen (secondary N) is 4. The summed E-state index contributed by atoms with van der Waals surface area (Å²) in [5.41, 5.74) is 3.41. The number of H-pyrrole nitrogens is 1. The molecule has 0 aliphatic carbocycles. The fraction of sp³-hybridized carbons (Fsp3) is 0.300. The first-order valence-electron chi connectivity index (χ1n) is 9.38. The second-order valence-electron chi connectivity index (χ2n) is 6.75. The van der Waals surface area contributed by atoms with E-state index < -0.39 is 23.6 Å². The summed E-state index contributed by atoms with van der Waals surface area (Å²) in [5, 5.41) is 6.95. The first-order chi connectivity index (χ1) is 14.4. The highest BCUT2D eigenvalue weighted by Gasteiger charge is 2.28. The lowest BCUT2D eigenvalue weighted by atomic mass is 10.1. The van der Waals surface area contributed by atoms with Crippen molar-refractivity contribution in [1.82, 2.24) is 26.1 Å². The SMILES string of the molecule is C=CC(=O)N(C[C@@H]1CCNC1=O)NC(=O)CNC(=O)c1cc2c(OC)cccc2[nH]1. The van der Waals surface area contributed by atoms with E-state index in [-0.39, 0.29) is 24.7 Å². The quantitative estimate of drug-likeness (QED) is 0.377. The molecule has 0 saturated carbocycles. The molecule has 1 aromatic heterocycles. The summed E-state index contributed by atoms with van der Waals surface area (Å²) in [7, 11) is 1.54. The van der Waals surface area contributed by atoms with E-state index in [1.807, 2.05) is 0 Å². The molecule has 0 bridgehead atoms. The Labute approximate surface area is 172 Å². The number of carbonyl (C=O) groups is 4. The number of carbonyl (C=O) groups excluding carboxylic acids is 4. The van der Waals surface area contributed by atoms with E-state index in [0.717, 1.165) is 22.0 Å². The molecule has 3 rings (SSSR count). The average molecular weight is 413 g/mol. The van der Waals surface area contributed by atoms with Gasteiger partial charge in [-0.05, 0) is 30.7 Å². The third-order valence-electron chi connectivity index (χ3n) is 4.76. The van der Waals surface area contributed by atoms with Gasteiger partial charge in [-0.25, -0.2) is 5.01 Å². The van der Waals surface area contributed by atoms with Crippen molar-refractivity contribution in [3.8, 4) is 5.75 Å². The molecule has 4 amide bonds. The van der Waals surface area contributed by atoms with E-state index in [4.69, 9.17) is 4.74 Å². The lowest BCUT2D eigenvalue weighted by molar-refractivity contribution is -0.139. The van der Waals surface area contributed by atoms with Crippen LogP contribution in [0.3, 0.4) is 0 Å². The van der Waals surface area contributed by atoms with Gasteiger partial charge in [-0.1, -0.05) is 12.6 Å². The molecular weight excluding hydrogens is 390 g/mol.